The lowest BCUT2D eigenvalue weighted by atomic mass is 10.4. The second-order valence-corrected chi connectivity index (χ2v) is 3.11. The maximum atomic E-state index is 11.1. The Morgan fingerprint density at radius 1 is 1.53 bits per heavy atom. The highest BCUT2D eigenvalue weighted by molar-refractivity contribution is 5.03. The number of furan rings is 1. The van der Waals surface area contributed by atoms with E-state index in [0.29, 0.717) is 18.8 Å². The first-order valence-corrected chi connectivity index (χ1v) is 4.52. The fourth-order valence-electron chi connectivity index (χ4n) is 1.24. The van der Waals surface area contributed by atoms with Crippen LogP contribution in [0.4, 0.5) is 0 Å². The van der Waals surface area contributed by atoms with Crippen LogP contribution in [0.2, 0.25) is 0 Å². The minimum absolute atomic E-state index is 0.402. The van der Waals surface area contributed by atoms with Crippen molar-refractivity contribution in [2.24, 2.45) is 7.05 Å². The number of nitrogens with one attached hydrogen (secondary N) is 1. The summed E-state index contributed by atoms with van der Waals surface area (Å²) in [5, 5.41) is 17.7. The van der Waals surface area contributed by atoms with E-state index in [1.54, 1.807) is 13.3 Å². The van der Waals surface area contributed by atoms with Crippen LogP contribution in [0.1, 0.15) is 11.5 Å². The zero-order valence-electron chi connectivity index (χ0n) is 8.27. The third-order valence-electron chi connectivity index (χ3n) is 2.04. The van der Waals surface area contributed by atoms with Gasteiger partial charge < -0.3 is 19.4 Å². The summed E-state index contributed by atoms with van der Waals surface area (Å²) < 4.78 is 11.0. The molecule has 6 heteroatoms. The molecule has 0 atom stereocenters. The number of rotatable bonds is 4. The summed E-state index contributed by atoms with van der Waals surface area (Å²) in [4.78, 5) is 0. The highest BCUT2D eigenvalue weighted by Gasteiger charge is 2.11. The highest BCUT2D eigenvalue weighted by Crippen LogP contribution is 2.06. The molecular formula is C9H11N3O3. The van der Waals surface area contributed by atoms with Crippen LogP contribution in [-0.2, 0) is 20.1 Å². The average molecular weight is 209 g/mol. The quantitative estimate of drug-likeness (QED) is 0.684. The van der Waals surface area contributed by atoms with Crippen molar-refractivity contribution in [1.82, 2.24) is 10.6 Å². The predicted molar refractivity (Wildman–Crippen MR) is 46.4 cm³/mol. The lowest BCUT2D eigenvalue weighted by Gasteiger charge is -1.99. The maximum absolute atomic E-state index is 11.1. The van der Waals surface area contributed by atoms with Crippen molar-refractivity contribution in [1.29, 1.82) is 0 Å². The largest absolute Gasteiger partial charge is 0.539 e. The van der Waals surface area contributed by atoms with Gasteiger partial charge in [0.05, 0.1) is 24.6 Å². The predicted octanol–water partition coefficient (Wildman–Crippen LogP) is -0.544. The van der Waals surface area contributed by atoms with Gasteiger partial charge in [-0.05, 0) is 12.1 Å². The van der Waals surface area contributed by atoms with Crippen molar-refractivity contribution in [3.05, 3.63) is 29.9 Å². The molecule has 0 unspecified atom stereocenters. The number of hydrogen-bond donors (Lipinski definition) is 1. The van der Waals surface area contributed by atoms with Crippen LogP contribution in [0.15, 0.2) is 27.3 Å². The molecule has 80 valence electrons. The lowest BCUT2D eigenvalue weighted by molar-refractivity contribution is -0.746. The molecule has 15 heavy (non-hydrogen) atoms. The molecule has 0 amide bonds. The molecule has 6 nitrogen and oxygen atoms in total. The van der Waals surface area contributed by atoms with E-state index < -0.39 is 5.95 Å². The topological polar surface area (TPSA) is 78.1 Å². The first-order chi connectivity index (χ1) is 7.27. The van der Waals surface area contributed by atoms with Gasteiger partial charge in [-0.2, -0.15) is 0 Å². The molecule has 2 heterocycles. The Labute approximate surface area is 86.1 Å². The van der Waals surface area contributed by atoms with Gasteiger partial charge in [0.15, 0.2) is 13.0 Å². The fraction of sp³-hybridized carbons (Fsp3) is 0.333. The maximum Gasteiger partial charge on any atom is 0.246 e. The van der Waals surface area contributed by atoms with Crippen molar-refractivity contribution >= 4 is 0 Å². The summed E-state index contributed by atoms with van der Waals surface area (Å²) in [6.45, 7) is 0.969. The van der Waals surface area contributed by atoms with Crippen molar-refractivity contribution in [2.75, 3.05) is 0 Å². The van der Waals surface area contributed by atoms with Gasteiger partial charge >= 0.3 is 0 Å². The van der Waals surface area contributed by atoms with Crippen molar-refractivity contribution < 1.29 is 18.7 Å². The van der Waals surface area contributed by atoms with Crippen LogP contribution >= 0.6 is 0 Å². The van der Waals surface area contributed by atoms with Crippen LogP contribution in [-0.4, -0.2) is 5.27 Å². The molecule has 0 radical (unpaired) electrons. The van der Waals surface area contributed by atoms with E-state index in [2.05, 4.69) is 15.1 Å². The van der Waals surface area contributed by atoms with Gasteiger partial charge in [0.2, 0.25) is 5.69 Å². The highest BCUT2D eigenvalue weighted by atomic mass is 16.6. The van der Waals surface area contributed by atoms with E-state index in [1.165, 1.54) is 4.68 Å². The summed E-state index contributed by atoms with van der Waals surface area (Å²) >= 11 is 0. The second kappa shape index (κ2) is 4.14. The van der Waals surface area contributed by atoms with E-state index in [1.807, 2.05) is 12.1 Å². The van der Waals surface area contributed by atoms with E-state index in [4.69, 9.17) is 4.42 Å². The third kappa shape index (κ3) is 2.16. The zero-order valence-corrected chi connectivity index (χ0v) is 8.27. The molecular weight excluding hydrogens is 198 g/mol. The van der Waals surface area contributed by atoms with E-state index in [0.717, 1.165) is 5.76 Å². The van der Waals surface area contributed by atoms with Crippen LogP contribution in [0.3, 0.4) is 0 Å². The SMILES string of the molecule is C[n+]1noc([O-])c1CNCc1ccco1. The van der Waals surface area contributed by atoms with Gasteiger partial charge in [0.1, 0.15) is 5.76 Å². The first-order valence-electron chi connectivity index (χ1n) is 4.52. The van der Waals surface area contributed by atoms with Crippen LogP contribution < -0.4 is 15.1 Å². The molecule has 0 spiro atoms. The molecule has 0 saturated heterocycles. The molecule has 0 saturated carbocycles. The monoisotopic (exact) mass is 209 g/mol. The minimum atomic E-state index is -0.413. The zero-order chi connectivity index (χ0) is 10.7. The molecule has 0 fully saturated rings. The molecule has 0 aromatic carbocycles. The first kappa shape index (κ1) is 9.72. The summed E-state index contributed by atoms with van der Waals surface area (Å²) in [7, 11) is 1.66. The van der Waals surface area contributed by atoms with Crippen molar-refractivity contribution in [3.8, 4) is 5.95 Å². The van der Waals surface area contributed by atoms with E-state index in [-0.39, 0.29) is 0 Å². The van der Waals surface area contributed by atoms with Gasteiger partial charge in [0.25, 0.3) is 0 Å². The Morgan fingerprint density at radius 2 is 2.40 bits per heavy atom. The smallest absolute Gasteiger partial charge is 0.246 e. The summed E-state index contributed by atoms with van der Waals surface area (Å²) in [5.41, 5.74) is 0.488. The van der Waals surface area contributed by atoms with Crippen LogP contribution in [0.5, 0.6) is 5.95 Å². The molecule has 0 aliphatic rings. The Morgan fingerprint density at radius 3 is 3.00 bits per heavy atom. The molecule has 2 aromatic rings. The summed E-state index contributed by atoms with van der Waals surface area (Å²) in [5.74, 6) is 0.408. The van der Waals surface area contributed by atoms with Gasteiger partial charge in [-0.3, -0.25) is 0 Å². The van der Waals surface area contributed by atoms with Crippen molar-refractivity contribution in [3.63, 3.8) is 0 Å². The Hall–Kier alpha value is -1.82. The lowest BCUT2D eigenvalue weighted by Crippen LogP contribution is -2.36. The molecule has 2 rings (SSSR count). The second-order valence-electron chi connectivity index (χ2n) is 3.11. The number of hydrogen-bond acceptors (Lipinski definition) is 5. The Balaban J connectivity index is 1.89. The standard InChI is InChI=1S/C9H11N3O3/c1-12-8(9(13)15-11-12)6-10-5-7-3-2-4-14-7/h2-4,10H,5-6H2,1H3. The number of aryl methyl sites for hydroxylation is 1. The fourth-order valence-corrected chi connectivity index (χ4v) is 1.24. The van der Waals surface area contributed by atoms with E-state index in [9.17, 15) is 5.11 Å². The number of aromatic nitrogens is 2. The summed E-state index contributed by atoms with van der Waals surface area (Å²) in [6, 6.07) is 3.67. The number of nitrogens with zero attached hydrogens (tertiary/aromatic N) is 2. The van der Waals surface area contributed by atoms with Crippen LogP contribution in [0.25, 0.3) is 0 Å². The van der Waals surface area contributed by atoms with Crippen LogP contribution in [0, 0.1) is 0 Å². The van der Waals surface area contributed by atoms with E-state index >= 15 is 0 Å². The Kier molecular flexibility index (Phi) is 2.68. The molecule has 0 aliphatic heterocycles. The Bertz CT molecular complexity index is 402. The van der Waals surface area contributed by atoms with Gasteiger partial charge in [-0.25, -0.2) is 0 Å². The molecule has 0 bridgehead atoms. The minimum Gasteiger partial charge on any atom is -0.539 e. The normalized spacial score (nSPS) is 10.7. The molecule has 2 aromatic heterocycles. The van der Waals surface area contributed by atoms with Gasteiger partial charge in [-0.1, -0.05) is 4.68 Å². The van der Waals surface area contributed by atoms with Gasteiger partial charge in [-0.15, -0.1) is 0 Å². The molecule has 1 N–H and O–H groups in total. The third-order valence-corrected chi connectivity index (χ3v) is 2.04. The summed E-state index contributed by atoms with van der Waals surface area (Å²) in [6.07, 6.45) is 1.61. The van der Waals surface area contributed by atoms with Gasteiger partial charge in [0, 0.05) is 0 Å². The van der Waals surface area contributed by atoms with Crippen molar-refractivity contribution in [2.45, 2.75) is 13.1 Å². The average Bonchev–Trinajstić information content (AvgIpc) is 2.82. The molecule has 0 aliphatic carbocycles.